The topological polar surface area (TPSA) is 32.7 Å². The minimum absolute atomic E-state index is 0.209. The van der Waals surface area contributed by atoms with Gasteiger partial charge in [-0.05, 0) is 32.9 Å². The highest BCUT2D eigenvalue weighted by Crippen LogP contribution is 2.28. The molecule has 0 radical (unpaired) electrons. The van der Waals surface area contributed by atoms with E-state index in [0.29, 0.717) is 11.9 Å². The van der Waals surface area contributed by atoms with Crippen molar-refractivity contribution in [1.82, 2.24) is 4.90 Å². The highest BCUT2D eigenvalue weighted by atomic mass is 16.5. The molecule has 0 bridgehead atoms. The molecule has 94 valence electrons. The van der Waals surface area contributed by atoms with Crippen LogP contribution in [0.5, 0.6) is 5.75 Å². The zero-order chi connectivity index (χ0) is 12.3. The van der Waals surface area contributed by atoms with Crippen molar-refractivity contribution in [2.45, 2.75) is 31.9 Å². The first-order valence-electron chi connectivity index (χ1n) is 6.28. The van der Waals surface area contributed by atoms with Gasteiger partial charge in [0.1, 0.15) is 5.75 Å². The van der Waals surface area contributed by atoms with Gasteiger partial charge in [0.25, 0.3) is 0 Å². The van der Waals surface area contributed by atoms with Gasteiger partial charge in [0.05, 0.1) is 6.10 Å². The molecule has 1 heterocycles. The number of nitrogens with zero attached hydrogens (tertiary/aromatic N) is 1. The summed E-state index contributed by atoms with van der Waals surface area (Å²) in [6.07, 6.45) is 2.68. The third kappa shape index (κ3) is 2.99. The van der Waals surface area contributed by atoms with E-state index < -0.39 is 0 Å². The molecule has 3 heteroatoms. The van der Waals surface area contributed by atoms with Crippen molar-refractivity contribution in [1.29, 1.82) is 0 Å². The van der Waals surface area contributed by atoms with E-state index in [-0.39, 0.29) is 6.04 Å². The van der Waals surface area contributed by atoms with E-state index in [1.165, 1.54) is 6.42 Å². The van der Waals surface area contributed by atoms with Crippen molar-refractivity contribution < 1.29 is 9.84 Å². The summed E-state index contributed by atoms with van der Waals surface area (Å²) in [5, 5.41) is 9.83. The Balaban J connectivity index is 1.98. The van der Waals surface area contributed by atoms with Crippen molar-refractivity contribution >= 4 is 0 Å². The first-order chi connectivity index (χ1) is 8.18. The van der Waals surface area contributed by atoms with E-state index in [4.69, 9.17) is 4.74 Å². The lowest BCUT2D eigenvalue weighted by atomic mass is 10.1. The van der Waals surface area contributed by atoms with Crippen LogP contribution >= 0.6 is 0 Å². The van der Waals surface area contributed by atoms with E-state index in [0.717, 1.165) is 25.1 Å². The summed E-state index contributed by atoms with van der Waals surface area (Å²) < 4.78 is 5.64. The molecule has 0 spiro atoms. The Bertz CT molecular complexity index is 361. The molecule has 2 rings (SSSR count). The molecule has 1 aromatic carbocycles. The number of likely N-dealkylation sites (N-methyl/N-ethyl adjacent to an activating group) is 1. The van der Waals surface area contributed by atoms with Gasteiger partial charge in [0.15, 0.2) is 0 Å². The fourth-order valence-electron chi connectivity index (χ4n) is 2.35. The molecule has 1 N–H and O–H groups in total. The summed E-state index contributed by atoms with van der Waals surface area (Å²) in [5.74, 6) is 0.374. The Morgan fingerprint density at radius 1 is 1.47 bits per heavy atom. The second kappa shape index (κ2) is 5.52. The van der Waals surface area contributed by atoms with E-state index in [1.54, 1.807) is 6.07 Å². The van der Waals surface area contributed by atoms with Crippen molar-refractivity contribution in [3.05, 3.63) is 29.8 Å². The summed E-state index contributed by atoms with van der Waals surface area (Å²) in [4.78, 5) is 2.24. The molecule has 1 aliphatic rings. The number of benzene rings is 1. The van der Waals surface area contributed by atoms with Crippen LogP contribution in [0.25, 0.3) is 0 Å². The van der Waals surface area contributed by atoms with Crippen LogP contribution in [0, 0.1) is 0 Å². The summed E-state index contributed by atoms with van der Waals surface area (Å²) >= 11 is 0. The average molecular weight is 235 g/mol. The second-order valence-corrected chi connectivity index (χ2v) is 4.81. The number of phenolic OH excluding ortho intramolecular Hbond substituents is 1. The van der Waals surface area contributed by atoms with Crippen molar-refractivity contribution in [3.63, 3.8) is 0 Å². The van der Waals surface area contributed by atoms with Crippen LogP contribution in [0.3, 0.4) is 0 Å². The molecule has 1 saturated heterocycles. The van der Waals surface area contributed by atoms with E-state index in [9.17, 15) is 5.11 Å². The van der Waals surface area contributed by atoms with Gasteiger partial charge in [-0.1, -0.05) is 18.2 Å². The first-order valence-corrected chi connectivity index (χ1v) is 6.28. The smallest absolute Gasteiger partial charge is 0.120 e. The fourth-order valence-corrected chi connectivity index (χ4v) is 2.35. The third-order valence-electron chi connectivity index (χ3n) is 3.56. The van der Waals surface area contributed by atoms with Gasteiger partial charge in [-0.25, -0.2) is 0 Å². The van der Waals surface area contributed by atoms with Crippen molar-refractivity contribution in [2.24, 2.45) is 0 Å². The molecular formula is C14H21NO2. The van der Waals surface area contributed by atoms with Crippen LogP contribution in [-0.2, 0) is 4.74 Å². The van der Waals surface area contributed by atoms with E-state index in [2.05, 4.69) is 18.9 Å². The molecular weight excluding hydrogens is 214 g/mol. The average Bonchev–Trinajstić information content (AvgIpc) is 2.81. The summed E-state index contributed by atoms with van der Waals surface area (Å²) in [6, 6.07) is 7.75. The molecule has 0 saturated carbocycles. The predicted octanol–water partition coefficient (Wildman–Crippen LogP) is 2.56. The van der Waals surface area contributed by atoms with Crippen LogP contribution in [-0.4, -0.2) is 36.3 Å². The lowest BCUT2D eigenvalue weighted by molar-refractivity contribution is 0.0700. The molecule has 0 aromatic heterocycles. The third-order valence-corrected chi connectivity index (χ3v) is 3.56. The number of phenols is 1. The van der Waals surface area contributed by atoms with Crippen molar-refractivity contribution in [2.75, 3.05) is 20.2 Å². The fraction of sp³-hybridized carbons (Fsp3) is 0.571. The zero-order valence-corrected chi connectivity index (χ0v) is 10.6. The zero-order valence-electron chi connectivity index (χ0n) is 10.6. The van der Waals surface area contributed by atoms with Gasteiger partial charge in [0.2, 0.25) is 0 Å². The second-order valence-electron chi connectivity index (χ2n) is 4.81. The Kier molecular flexibility index (Phi) is 4.02. The van der Waals surface area contributed by atoms with E-state index >= 15 is 0 Å². The SMILES string of the molecule is CC(c1ccccc1O)N(C)CC1CCCO1. The lowest BCUT2D eigenvalue weighted by Crippen LogP contribution is -2.31. The van der Waals surface area contributed by atoms with Crippen LogP contribution in [0.15, 0.2) is 24.3 Å². The normalized spacial score (nSPS) is 21.9. The maximum Gasteiger partial charge on any atom is 0.120 e. The van der Waals surface area contributed by atoms with Crippen LogP contribution in [0.1, 0.15) is 31.4 Å². The minimum Gasteiger partial charge on any atom is -0.508 e. The number of para-hydroxylation sites is 1. The maximum atomic E-state index is 9.83. The van der Waals surface area contributed by atoms with Gasteiger partial charge < -0.3 is 9.84 Å². The highest BCUT2D eigenvalue weighted by molar-refractivity contribution is 5.34. The number of hydrogen-bond donors (Lipinski definition) is 1. The first kappa shape index (κ1) is 12.4. The van der Waals surface area contributed by atoms with Gasteiger partial charge in [0, 0.05) is 24.8 Å². The number of hydrogen-bond acceptors (Lipinski definition) is 3. The quantitative estimate of drug-likeness (QED) is 0.870. The predicted molar refractivity (Wildman–Crippen MR) is 68.1 cm³/mol. The monoisotopic (exact) mass is 235 g/mol. The Morgan fingerprint density at radius 3 is 2.88 bits per heavy atom. The number of ether oxygens (including phenoxy) is 1. The van der Waals surface area contributed by atoms with Gasteiger partial charge in [-0.15, -0.1) is 0 Å². The molecule has 0 amide bonds. The standard InChI is InChI=1S/C14H21NO2/c1-11(13-7-3-4-8-14(13)16)15(2)10-12-6-5-9-17-12/h3-4,7-8,11-12,16H,5-6,9-10H2,1-2H3. The maximum absolute atomic E-state index is 9.83. The Labute approximate surface area is 103 Å². The van der Waals surface area contributed by atoms with Crippen LogP contribution in [0.4, 0.5) is 0 Å². The Morgan fingerprint density at radius 2 is 2.24 bits per heavy atom. The molecule has 1 aliphatic heterocycles. The van der Waals surface area contributed by atoms with Crippen LogP contribution < -0.4 is 0 Å². The molecule has 1 aromatic rings. The summed E-state index contributed by atoms with van der Waals surface area (Å²) in [6.45, 7) is 3.93. The van der Waals surface area contributed by atoms with Crippen molar-refractivity contribution in [3.8, 4) is 5.75 Å². The molecule has 1 fully saturated rings. The van der Waals surface area contributed by atoms with E-state index in [1.807, 2.05) is 18.2 Å². The lowest BCUT2D eigenvalue weighted by Gasteiger charge is -2.27. The van der Waals surface area contributed by atoms with Gasteiger partial charge >= 0.3 is 0 Å². The highest BCUT2D eigenvalue weighted by Gasteiger charge is 2.21. The van der Waals surface area contributed by atoms with Gasteiger partial charge in [-0.2, -0.15) is 0 Å². The molecule has 2 atom stereocenters. The van der Waals surface area contributed by atoms with Crippen LogP contribution in [0.2, 0.25) is 0 Å². The molecule has 2 unspecified atom stereocenters. The van der Waals surface area contributed by atoms with Gasteiger partial charge in [-0.3, -0.25) is 4.90 Å². The summed E-state index contributed by atoms with van der Waals surface area (Å²) in [7, 11) is 2.08. The molecule has 3 nitrogen and oxygen atoms in total. The molecule has 17 heavy (non-hydrogen) atoms. The molecule has 0 aliphatic carbocycles. The number of aromatic hydroxyl groups is 1. The minimum atomic E-state index is 0.209. The number of rotatable bonds is 4. The summed E-state index contributed by atoms with van der Waals surface area (Å²) in [5.41, 5.74) is 0.980. The Hall–Kier alpha value is -1.06. The largest absolute Gasteiger partial charge is 0.508 e.